The van der Waals surface area contributed by atoms with Crippen LogP contribution in [0.2, 0.25) is 0 Å². The van der Waals surface area contributed by atoms with Crippen molar-refractivity contribution in [2.45, 2.75) is 39.0 Å². The highest BCUT2D eigenvalue weighted by Gasteiger charge is 2.29. The Hall–Kier alpha value is -2.37. The molecule has 1 aliphatic carbocycles. The fourth-order valence-electron chi connectivity index (χ4n) is 2.29. The van der Waals surface area contributed by atoms with Crippen molar-refractivity contribution < 1.29 is 13.6 Å². The molecule has 120 valence electrons. The summed E-state index contributed by atoms with van der Waals surface area (Å²) in [6, 6.07) is 6.74. The summed E-state index contributed by atoms with van der Waals surface area (Å²) in [5, 5.41) is 2.75. The van der Waals surface area contributed by atoms with Crippen LogP contribution in [0.4, 0.5) is 14.5 Å². The van der Waals surface area contributed by atoms with E-state index in [-0.39, 0.29) is 11.6 Å². The number of carbonyl (C=O) groups excluding carboxylic acids is 1. The number of aromatic nitrogens is 2. The number of benzene rings is 1. The molecule has 0 bridgehead atoms. The second kappa shape index (κ2) is 6.02. The van der Waals surface area contributed by atoms with Gasteiger partial charge in [-0.15, -0.1) is 0 Å². The molecule has 1 aliphatic rings. The summed E-state index contributed by atoms with van der Waals surface area (Å²) >= 11 is 0. The van der Waals surface area contributed by atoms with Gasteiger partial charge < -0.3 is 5.32 Å². The van der Waals surface area contributed by atoms with E-state index in [1.165, 1.54) is 0 Å². The third-order valence-electron chi connectivity index (χ3n) is 3.80. The maximum atomic E-state index is 13.0. The first kappa shape index (κ1) is 15.5. The van der Waals surface area contributed by atoms with Crippen LogP contribution in [0, 0.1) is 13.8 Å². The molecule has 3 rings (SSSR count). The van der Waals surface area contributed by atoms with Crippen molar-refractivity contribution in [2.75, 3.05) is 5.32 Å². The Labute approximate surface area is 133 Å². The highest BCUT2D eigenvalue weighted by atomic mass is 19.3. The van der Waals surface area contributed by atoms with Crippen molar-refractivity contribution in [1.29, 1.82) is 0 Å². The molecule has 0 radical (unpaired) electrons. The molecule has 23 heavy (non-hydrogen) atoms. The largest absolute Gasteiger partial charge is 0.320 e. The minimum absolute atomic E-state index is 0.0156. The lowest BCUT2D eigenvalue weighted by molar-refractivity contribution is 0.102. The number of hydrogen-bond acceptors (Lipinski definition) is 3. The first-order valence-corrected chi connectivity index (χ1v) is 7.49. The van der Waals surface area contributed by atoms with Gasteiger partial charge in [0.1, 0.15) is 17.2 Å². The highest BCUT2D eigenvalue weighted by molar-refractivity contribution is 6.03. The van der Waals surface area contributed by atoms with Crippen LogP contribution in [0.5, 0.6) is 0 Å². The fraction of sp³-hybridized carbons (Fsp3) is 0.353. The van der Waals surface area contributed by atoms with Crippen molar-refractivity contribution in [3.05, 3.63) is 52.6 Å². The summed E-state index contributed by atoms with van der Waals surface area (Å²) in [5.41, 5.74) is 2.14. The molecule has 1 aromatic carbocycles. The lowest BCUT2D eigenvalue weighted by atomic mass is 10.1. The summed E-state index contributed by atoms with van der Waals surface area (Å²) in [4.78, 5) is 20.4. The van der Waals surface area contributed by atoms with Gasteiger partial charge >= 0.3 is 0 Å². The maximum Gasteiger partial charge on any atom is 0.280 e. The van der Waals surface area contributed by atoms with Crippen molar-refractivity contribution in [3.8, 4) is 0 Å². The van der Waals surface area contributed by atoms with E-state index in [1.54, 1.807) is 0 Å². The molecule has 0 unspecified atom stereocenters. The van der Waals surface area contributed by atoms with Gasteiger partial charge in [-0.2, -0.15) is 0 Å². The van der Waals surface area contributed by atoms with Gasteiger partial charge in [-0.3, -0.25) is 4.79 Å². The number of amides is 1. The summed E-state index contributed by atoms with van der Waals surface area (Å²) in [5.74, 6) is -0.0558. The Morgan fingerprint density at radius 1 is 1.22 bits per heavy atom. The third kappa shape index (κ3) is 3.52. The Balaban J connectivity index is 1.90. The minimum Gasteiger partial charge on any atom is -0.320 e. The van der Waals surface area contributed by atoms with E-state index in [0.29, 0.717) is 11.5 Å². The molecule has 6 heteroatoms. The number of carbonyl (C=O) groups is 1. The number of nitrogens with one attached hydrogen (secondary N) is 1. The first-order chi connectivity index (χ1) is 10.9. The van der Waals surface area contributed by atoms with Gasteiger partial charge in [-0.25, -0.2) is 18.7 Å². The van der Waals surface area contributed by atoms with Crippen LogP contribution >= 0.6 is 0 Å². The molecule has 0 saturated heterocycles. The minimum atomic E-state index is -2.72. The molecule has 0 atom stereocenters. The van der Waals surface area contributed by atoms with E-state index in [2.05, 4.69) is 15.3 Å². The zero-order valence-corrected chi connectivity index (χ0v) is 12.9. The summed E-state index contributed by atoms with van der Waals surface area (Å²) in [7, 11) is 0. The molecule has 2 aromatic rings. The Kier molecular flexibility index (Phi) is 4.07. The van der Waals surface area contributed by atoms with Gasteiger partial charge in [0, 0.05) is 11.6 Å². The topological polar surface area (TPSA) is 54.9 Å². The molecular weight excluding hydrogens is 300 g/mol. The number of alkyl halides is 2. The Morgan fingerprint density at radius 3 is 2.61 bits per heavy atom. The lowest BCUT2D eigenvalue weighted by Crippen LogP contribution is -2.17. The van der Waals surface area contributed by atoms with Gasteiger partial charge in [0.2, 0.25) is 0 Å². The molecule has 1 heterocycles. The summed E-state index contributed by atoms with van der Waals surface area (Å²) in [6.07, 6.45) is -0.960. The molecule has 1 fully saturated rings. The van der Waals surface area contributed by atoms with Crippen molar-refractivity contribution in [1.82, 2.24) is 9.97 Å². The van der Waals surface area contributed by atoms with E-state index >= 15 is 0 Å². The normalized spacial score (nSPS) is 14.1. The molecule has 1 amide bonds. The van der Waals surface area contributed by atoms with Gasteiger partial charge in [0.25, 0.3) is 12.3 Å². The SMILES string of the molecule is Cc1ccc(C)c(NC(=O)c2cc(C(F)F)nc(C3CC3)n2)c1. The number of rotatable bonds is 4. The highest BCUT2D eigenvalue weighted by Crippen LogP contribution is 2.38. The second-order valence-electron chi connectivity index (χ2n) is 5.88. The van der Waals surface area contributed by atoms with Crippen LogP contribution in [0.25, 0.3) is 0 Å². The standard InChI is InChI=1S/C17H17F2N3O/c1-9-3-4-10(2)12(7-9)22-17(23)14-8-13(15(18)19)20-16(21-14)11-5-6-11/h3-4,7-8,11,15H,5-6H2,1-2H3,(H,22,23). The van der Waals surface area contributed by atoms with Crippen molar-refractivity contribution >= 4 is 11.6 Å². The van der Waals surface area contributed by atoms with Crippen LogP contribution in [0.15, 0.2) is 24.3 Å². The zero-order chi connectivity index (χ0) is 16.6. The molecule has 0 spiro atoms. The summed E-state index contributed by atoms with van der Waals surface area (Å²) < 4.78 is 26.0. The molecular formula is C17H17F2N3O. The van der Waals surface area contributed by atoms with E-state index < -0.39 is 18.0 Å². The van der Waals surface area contributed by atoms with E-state index in [4.69, 9.17) is 0 Å². The molecule has 1 N–H and O–H groups in total. The quantitative estimate of drug-likeness (QED) is 0.921. The van der Waals surface area contributed by atoms with Crippen LogP contribution in [-0.4, -0.2) is 15.9 Å². The number of aryl methyl sites for hydroxylation is 2. The lowest BCUT2D eigenvalue weighted by Gasteiger charge is -2.10. The predicted molar refractivity (Wildman–Crippen MR) is 82.8 cm³/mol. The predicted octanol–water partition coefficient (Wildman–Crippen LogP) is 4.16. The maximum absolute atomic E-state index is 13.0. The number of nitrogens with zero attached hydrogens (tertiary/aromatic N) is 2. The average Bonchev–Trinajstić information content (AvgIpc) is 3.35. The third-order valence-corrected chi connectivity index (χ3v) is 3.80. The number of anilines is 1. The van der Waals surface area contributed by atoms with Gasteiger partial charge in [0.15, 0.2) is 0 Å². The molecule has 1 saturated carbocycles. The number of halogens is 2. The average molecular weight is 317 g/mol. The van der Waals surface area contributed by atoms with E-state index in [9.17, 15) is 13.6 Å². The van der Waals surface area contributed by atoms with E-state index in [0.717, 1.165) is 30.0 Å². The van der Waals surface area contributed by atoms with Crippen LogP contribution < -0.4 is 5.32 Å². The zero-order valence-electron chi connectivity index (χ0n) is 12.9. The monoisotopic (exact) mass is 317 g/mol. The van der Waals surface area contributed by atoms with Gasteiger partial charge in [-0.05, 0) is 49.9 Å². The van der Waals surface area contributed by atoms with Gasteiger partial charge in [-0.1, -0.05) is 12.1 Å². The molecule has 4 nitrogen and oxygen atoms in total. The van der Waals surface area contributed by atoms with Crippen molar-refractivity contribution in [2.24, 2.45) is 0 Å². The van der Waals surface area contributed by atoms with Crippen LogP contribution in [0.1, 0.15) is 58.3 Å². The Morgan fingerprint density at radius 2 is 1.96 bits per heavy atom. The second-order valence-corrected chi connectivity index (χ2v) is 5.88. The number of hydrogen-bond donors (Lipinski definition) is 1. The smallest absolute Gasteiger partial charge is 0.280 e. The molecule has 0 aliphatic heterocycles. The summed E-state index contributed by atoms with van der Waals surface area (Å²) in [6.45, 7) is 3.79. The van der Waals surface area contributed by atoms with Crippen LogP contribution in [0.3, 0.4) is 0 Å². The van der Waals surface area contributed by atoms with Gasteiger partial charge in [0.05, 0.1) is 0 Å². The fourth-order valence-corrected chi connectivity index (χ4v) is 2.29. The molecule has 1 aromatic heterocycles. The van der Waals surface area contributed by atoms with Crippen molar-refractivity contribution in [3.63, 3.8) is 0 Å². The van der Waals surface area contributed by atoms with Crippen LogP contribution in [-0.2, 0) is 0 Å². The Bertz CT molecular complexity index is 737. The van der Waals surface area contributed by atoms with E-state index in [1.807, 2.05) is 32.0 Å². The first-order valence-electron chi connectivity index (χ1n) is 7.49.